The Labute approximate surface area is 544 Å². The van der Waals surface area contributed by atoms with Crippen LogP contribution in [0.15, 0.2) is 36.5 Å². The molecule has 2 rings (SSSR count). The minimum atomic E-state index is -1.79. The molecule has 12 atom stereocenters. The summed E-state index contributed by atoms with van der Waals surface area (Å²) in [4.78, 5) is 13.3. The Bertz CT molecular complexity index is 1630. The molecule has 0 aromatic carbocycles. The number of nitrogens with one attached hydrogen (secondary N) is 1. The van der Waals surface area contributed by atoms with E-state index in [-0.39, 0.29) is 18.9 Å². The highest BCUT2D eigenvalue weighted by molar-refractivity contribution is 5.76. The van der Waals surface area contributed by atoms with Crippen molar-refractivity contribution in [3.8, 4) is 0 Å². The van der Waals surface area contributed by atoms with Gasteiger partial charge in [0, 0.05) is 6.42 Å². The van der Waals surface area contributed by atoms with Crippen molar-refractivity contribution in [1.29, 1.82) is 0 Å². The standard InChI is InChI=1S/C75H141NO13/c1-3-5-7-9-11-13-15-17-19-21-23-25-27-29-31-33-34-36-38-40-42-44-46-48-50-52-54-56-58-64(79)63(62-86-74-72(85)70(83)73(66(61-78)88-74)89-75-71(84)69(82)68(81)65(60-77)87-75)76-67(80)59-57-55-53-51-49-47-45-43-41-39-37-35-32-30-28-26-24-22-20-18-16-14-12-10-8-6-4-2/h40,42,48,50,56,58,63-66,68-75,77-79,81-85H,3-39,41,43-47,49,51-55,57,59-62H2,1-2H3,(H,76,80)/b42-40+,50-48+,58-56+. The fourth-order valence-corrected chi connectivity index (χ4v) is 12.6. The smallest absolute Gasteiger partial charge is 0.220 e. The molecule has 2 aliphatic rings. The lowest BCUT2D eigenvalue weighted by Crippen LogP contribution is -2.65. The van der Waals surface area contributed by atoms with Crippen LogP contribution in [-0.2, 0) is 23.7 Å². The van der Waals surface area contributed by atoms with Crippen LogP contribution in [0.2, 0.25) is 0 Å². The maximum atomic E-state index is 13.3. The van der Waals surface area contributed by atoms with Gasteiger partial charge in [0.15, 0.2) is 12.6 Å². The van der Waals surface area contributed by atoms with Crippen LogP contribution in [0.4, 0.5) is 0 Å². The molecule has 0 radical (unpaired) electrons. The summed E-state index contributed by atoms with van der Waals surface area (Å²) in [6.45, 7) is 2.84. The highest BCUT2D eigenvalue weighted by Gasteiger charge is 2.51. The van der Waals surface area contributed by atoms with E-state index in [1.165, 1.54) is 263 Å². The monoisotopic (exact) mass is 1260 g/mol. The van der Waals surface area contributed by atoms with Gasteiger partial charge in [-0.15, -0.1) is 0 Å². The Kier molecular flexibility index (Phi) is 56.1. The summed E-state index contributed by atoms with van der Waals surface area (Å²) in [5.41, 5.74) is 0. The summed E-state index contributed by atoms with van der Waals surface area (Å²) in [6, 6.07) is -0.937. The fraction of sp³-hybridized carbons (Fsp3) is 0.907. The third-order valence-corrected chi connectivity index (χ3v) is 18.6. The first-order valence-corrected chi connectivity index (χ1v) is 37.7. The Hall–Kier alpha value is -1.79. The van der Waals surface area contributed by atoms with Gasteiger partial charge in [0.05, 0.1) is 32.0 Å². The summed E-state index contributed by atoms with van der Waals surface area (Å²) >= 11 is 0. The summed E-state index contributed by atoms with van der Waals surface area (Å²) in [5, 5.41) is 87.5. The molecule has 14 nitrogen and oxygen atoms in total. The van der Waals surface area contributed by atoms with Gasteiger partial charge in [-0.2, -0.15) is 0 Å². The van der Waals surface area contributed by atoms with Crippen LogP contribution in [0.1, 0.15) is 341 Å². The summed E-state index contributed by atoms with van der Waals surface area (Å²) in [6.07, 6.45) is 60.8. The SMILES string of the molecule is CCCCCCCCCCCCCCCCCCCC/C=C/CC/C=C/CC/C=C/C(O)C(COC1OC(CO)C(OC2OC(CO)C(O)C(O)C2O)C(O)C1O)NC(=O)CCCCCCCCCCCCCCCCCCCCCCCCCCCCC. The zero-order valence-corrected chi connectivity index (χ0v) is 57.2. The van der Waals surface area contributed by atoms with E-state index in [9.17, 15) is 45.6 Å². The van der Waals surface area contributed by atoms with Gasteiger partial charge in [0.2, 0.25) is 5.91 Å². The van der Waals surface area contributed by atoms with E-state index in [4.69, 9.17) is 18.9 Å². The van der Waals surface area contributed by atoms with Gasteiger partial charge in [0.1, 0.15) is 48.8 Å². The predicted octanol–water partition coefficient (Wildman–Crippen LogP) is 16.1. The normalized spacial score (nSPS) is 23.2. The average Bonchev–Trinajstić information content (AvgIpc) is 2.82. The molecule has 89 heavy (non-hydrogen) atoms. The molecule has 0 aliphatic carbocycles. The second-order valence-electron chi connectivity index (χ2n) is 26.8. The van der Waals surface area contributed by atoms with Crippen LogP contribution in [0, 0.1) is 0 Å². The lowest BCUT2D eigenvalue weighted by atomic mass is 9.97. The molecule has 2 heterocycles. The Morgan fingerprint density at radius 1 is 0.393 bits per heavy atom. The molecule has 0 spiro atoms. The molecule has 12 unspecified atom stereocenters. The quantitative estimate of drug-likeness (QED) is 0.0204. The van der Waals surface area contributed by atoms with Crippen LogP contribution in [0.5, 0.6) is 0 Å². The van der Waals surface area contributed by atoms with Crippen molar-refractivity contribution in [3.63, 3.8) is 0 Å². The second-order valence-corrected chi connectivity index (χ2v) is 26.8. The third kappa shape index (κ3) is 43.7. The average molecular weight is 1260 g/mol. The molecule has 0 aromatic rings. The van der Waals surface area contributed by atoms with Gasteiger partial charge in [-0.25, -0.2) is 0 Å². The van der Waals surface area contributed by atoms with Crippen molar-refractivity contribution < 1.29 is 64.6 Å². The number of hydrogen-bond acceptors (Lipinski definition) is 13. The number of hydrogen-bond donors (Lipinski definition) is 9. The van der Waals surface area contributed by atoms with E-state index in [2.05, 4.69) is 43.5 Å². The summed E-state index contributed by atoms with van der Waals surface area (Å²) in [5.74, 6) is -0.246. The summed E-state index contributed by atoms with van der Waals surface area (Å²) in [7, 11) is 0. The van der Waals surface area contributed by atoms with Crippen LogP contribution < -0.4 is 5.32 Å². The van der Waals surface area contributed by atoms with Gasteiger partial charge >= 0.3 is 0 Å². The number of unbranched alkanes of at least 4 members (excludes halogenated alkanes) is 46. The molecular formula is C75H141NO13. The van der Waals surface area contributed by atoms with Crippen molar-refractivity contribution in [2.24, 2.45) is 0 Å². The minimum Gasteiger partial charge on any atom is -0.394 e. The molecule has 2 saturated heterocycles. The number of allylic oxidation sites excluding steroid dienone is 5. The number of aliphatic hydroxyl groups is 8. The first-order valence-electron chi connectivity index (χ1n) is 37.7. The molecule has 0 bridgehead atoms. The van der Waals surface area contributed by atoms with E-state index in [0.717, 1.165) is 44.9 Å². The predicted molar refractivity (Wildman–Crippen MR) is 365 cm³/mol. The molecule has 9 N–H and O–H groups in total. The number of ether oxygens (including phenoxy) is 4. The number of carbonyl (C=O) groups is 1. The Morgan fingerprint density at radius 3 is 1.10 bits per heavy atom. The zero-order chi connectivity index (χ0) is 64.5. The summed E-state index contributed by atoms with van der Waals surface area (Å²) < 4.78 is 22.9. The van der Waals surface area contributed by atoms with Crippen molar-refractivity contribution in [1.82, 2.24) is 5.32 Å². The number of amides is 1. The van der Waals surface area contributed by atoms with Gasteiger partial charge < -0.3 is 65.1 Å². The Morgan fingerprint density at radius 2 is 0.719 bits per heavy atom. The van der Waals surface area contributed by atoms with Crippen LogP contribution >= 0.6 is 0 Å². The number of rotatable bonds is 63. The minimum absolute atomic E-state index is 0.246. The molecule has 524 valence electrons. The van der Waals surface area contributed by atoms with Crippen molar-refractivity contribution >= 4 is 5.91 Å². The van der Waals surface area contributed by atoms with Crippen LogP contribution in [0.3, 0.4) is 0 Å². The van der Waals surface area contributed by atoms with Gasteiger partial charge in [-0.1, -0.05) is 326 Å². The van der Waals surface area contributed by atoms with Crippen LogP contribution in [-0.4, -0.2) is 140 Å². The second kappa shape index (κ2) is 59.9. The number of aliphatic hydroxyl groups excluding tert-OH is 8. The van der Waals surface area contributed by atoms with E-state index in [1.807, 2.05) is 6.08 Å². The zero-order valence-electron chi connectivity index (χ0n) is 57.2. The first kappa shape index (κ1) is 83.3. The molecule has 0 aromatic heterocycles. The maximum Gasteiger partial charge on any atom is 0.220 e. The molecule has 2 aliphatic heterocycles. The molecule has 14 heteroatoms. The van der Waals surface area contributed by atoms with Gasteiger partial charge in [-0.05, 0) is 44.9 Å². The topological polar surface area (TPSA) is 228 Å². The van der Waals surface area contributed by atoms with Crippen molar-refractivity contribution in [3.05, 3.63) is 36.5 Å². The highest BCUT2D eigenvalue weighted by atomic mass is 16.7. The van der Waals surface area contributed by atoms with Crippen molar-refractivity contribution in [2.45, 2.75) is 415 Å². The lowest BCUT2D eigenvalue weighted by molar-refractivity contribution is -0.359. The molecule has 0 saturated carbocycles. The van der Waals surface area contributed by atoms with Crippen LogP contribution in [0.25, 0.3) is 0 Å². The van der Waals surface area contributed by atoms with Gasteiger partial charge in [-0.3, -0.25) is 4.79 Å². The molecule has 1 amide bonds. The Balaban J connectivity index is 1.67. The molecular weight excluding hydrogens is 1120 g/mol. The first-order chi connectivity index (χ1) is 43.6. The molecule has 2 fully saturated rings. The fourth-order valence-electron chi connectivity index (χ4n) is 12.6. The largest absolute Gasteiger partial charge is 0.394 e. The van der Waals surface area contributed by atoms with Crippen molar-refractivity contribution in [2.75, 3.05) is 19.8 Å². The highest BCUT2D eigenvalue weighted by Crippen LogP contribution is 2.30. The van der Waals surface area contributed by atoms with E-state index in [0.29, 0.717) is 12.8 Å². The van der Waals surface area contributed by atoms with E-state index in [1.54, 1.807) is 6.08 Å². The maximum absolute atomic E-state index is 13.3. The van der Waals surface area contributed by atoms with Gasteiger partial charge in [0.25, 0.3) is 0 Å². The van der Waals surface area contributed by atoms with E-state index >= 15 is 0 Å². The third-order valence-electron chi connectivity index (χ3n) is 18.6. The lowest BCUT2D eigenvalue weighted by Gasteiger charge is -2.46. The van der Waals surface area contributed by atoms with E-state index < -0.39 is 86.8 Å². The number of carbonyl (C=O) groups excluding carboxylic acids is 1.